The van der Waals surface area contributed by atoms with Gasteiger partial charge in [-0.05, 0) is 17.7 Å². The first kappa shape index (κ1) is 12.1. The molecule has 17 heavy (non-hydrogen) atoms. The number of hydrogen-bond donors (Lipinski definition) is 1. The number of benzene rings is 1. The van der Waals surface area contributed by atoms with E-state index in [0.717, 1.165) is 10.0 Å². The summed E-state index contributed by atoms with van der Waals surface area (Å²) >= 11 is 9.33. The van der Waals surface area contributed by atoms with Gasteiger partial charge in [0.1, 0.15) is 0 Å². The van der Waals surface area contributed by atoms with Gasteiger partial charge in [0.2, 0.25) is 0 Å². The lowest BCUT2D eigenvalue weighted by Crippen LogP contribution is -2.28. The van der Waals surface area contributed by atoms with Crippen molar-refractivity contribution < 1.29 is 0 Å². The van der Waals surface area contributed by atoms with Crippen LogP contribution in [-0.4, -0.2) is 9.78 Å². The Morgan fingerprint density at radius 2 is 2.00 bits per heavy atom. The quantitative estimate of drug-likeness (QED) is 0.921. The molecule has 0 fully saturated rings. The van der Waals surface area contributed by atoms with Crippen LogP contribution in [0.25, 0.3) is 0 Å². The Kier molecular flexibility index (Phi) is 3.49. The molecule has 0 aliphatic heterocycles. The average Bonchev–Trinajstić information content (AvgIpc) is 2.27. The van der Waals surface area contributed by atoms with Crippen LogP contribution >= 0.6 is 27.5 Å². The van der Waals surface area contributed by atoms with Gasteiger partial charge in [-0.15, -0.1) is 0 Å². The van der Waals surface area contributed by atoms with E-state index >= 15 is 0 Å². The number of rotatable bonds is 2. The monoisotopic (exact) mass is 314 g/mol. The predicted octanol–water partition coefficient (Wildman–Crippen LogP) is 2.00. The van der Waals surface area contributed by atoms with Gasteiger partial charge in [0.05, 0.1) is 6.54 Å². The fraction of sp³-hybridized carbons (Fsp3) is 0.0909. The van der Waals surface area contributed by atoms with Crippen molar-refractivity contribution in [2.24, 2.45) is 0 Å². The molecule has 0 bridgehead atoms. The summed E-state index contributed by atoms with van der Waals surface area (Å²) in [5.74, 6) is 0. The van der Waals surface area contributed by atoms with Gasteiger partial charge in [0, 0.05) is 21.6 Å². The zero-order valence-electron chi connectivity index (χ0n) is 8.61. The summed E-state index contributed by atoms with van der Waals surface area (Å²) in [4.78, 5) is 22.6. The van der Waals surface area contributed by atoms with Gasteiger partial charge in [-0.2, -0.15) is 0 Å². The molecule has 0 aliphatic rings. The van der Waals surface area contributed by atoms with Gasteiger partial charge in [0.15, 0.2) is 0 Å². The van der Waals surface area contributed by atoms with Crippen LogP contribution in [0.15, 0.2) is 44.4 Å². The summed E-state index contributed by atoms with van der Waals surface area (Å²) < 4.78 is 2.08. The Morgan fingerprint density at radius 3 is 2.71 bits per heavy atom. The number of aromatic amines is 1. The largest absolute Gasteiger partial charge is 0.268 e. The van der Waals surface area contributed by atoms with E-state index in [4.69, 9.17) is 11.6 Å². The van der Waals surface area contributed by atoms with E-state index in [2.05, 4.69) is 21.0 Å². The molecular formula is C11H8BrClN2O2. The van der Waals surface area contributed by atoms with E-state index in [1.54, 1.807) is 12.1 Å². The third-order valence-corrected chi connectivity index (χ3v) is 3.08. The number of H-pyrrole nitrogens is 1. The molecule has 1 heterocycles. The van der Waals surface area contributed by atoms with Gasteiger partial charge in [-0.1, -0.05) is 33.6 Å². The zero-order chi connectivity index (χ0) is 12.4. The van der Waals surface area contributed by atoms with Gasteiger partial charge in [-0.25, -0.2) is 4.68 Å². The Balaban J connectivity index is 2.41. The molecular weight excluding hydrogens is 307 g/mol. The van der Waals surface area contributed by atoms with Crippen molar-refractivity contribution in [1.29, 1.82) is 0 Å². The van der Waals surface area contributed by atoms with Crippen molar-refractivity contribution in [2.75, 3.05) is 0 Å². The van der Waals surface area contributed by atoms with E-state index in [-0.39, 0.29) is 17.7 Å². The fourth-order valence-electron chi connectivity index (χ4n) is 1.40. The third-order valence-electron chi connectivity index (χ3n) is 2.23. The highest BCUT2D eigenvalue weighted by atomic mass is 79.9. The van der Waals surface area contributed by atoms with Crippen LogP contribution in [0.2, 0.25) is 5.02 Å². The van der Waals surface area contributed by atoms with Crippen molar-refractivity contribution in [3.05, 3.63) is 66.1 Å². The topological polar surface area (TPSA) is 54.9 Å². The van der Waals surface area contributed by atoms with E-state index in [1.807, 2.05) is 6.07 Å². The summed E-state index contributed by atoms with van der Waals surface area (Å²) in [5.41, 5.74) is 0.167. The molecule has 0 saturated heterocycles. The molecule has 2 rings (SSSR count). The molecule has 0 amide bonds. The van der Waals surface area contributed by atoms with Crippen LogP contribution in [-0.2, 0) is 6.54 Å². The number of nitrogens with zero attached hydrogens (tertiary/aromatic N) is 1. The van der Waals surface area contributed by atoms with Crippen LogP contribution in [0.5, 0.6) is 0 Å². The smallest absolute Gasteiger partial charge is 0.265 e. The molecule has 0 radical (unpaired) electrons. The number of nitrogens with one attached hydrogen (secondary N) is 1. The van der Waals surface area contributed by atoms with Crippen molar-refractivity contribution in [2.45, 2.75) is 6.54 Å². The maximum Gasteiger partial charge on any atom is 0.265 e. The van der Waals surface area contributed by atoms with Gasteiger partial charge in [0.25, 0.3) is 11.1 Å². The van der Waals surface area contributed by atoms with E-state index < -0.39 is 0 Å². The van der Waals surface area contributed by atoms with Crippen LogP contribution < -0.4 is 11.1 Å². The lowest BCUT2D eigenvalue weighted by atomic mass is 10.2. The second kappa shape index (κ2) is 4.89. The fourth-order valence-corrected chi connectivity index (χ4v) is 2.13. The van der Waals surface area contributed by atoms with Gasteiger partial charge in [-0.3, -0.25) is 14.7 Å². The molecule has 0 saturated carbocycles. The minimum atomic E-state index is -0.321. The molecule has 0 aliphatic carbocycles. The minimum absolute atomic E-state index is 0.237. The molecule has 1 N–H and O–H groups in total. The van der Waals surface area contributed by atoms with Crippen molar-refractivity contribution in [3.8, 4) is 0 Å². The number of halogens is 2. The zero-order valence-corrected chi connectivity index (χ0v) is 11.0. The molecule has 0 spiro atoms. The highest BCUT2D eigenvalue weighted by Gasteiger charge is 2.03. The first-order chi connectivity index (χ1) is 8.06. The summed E-state index contributed by atoms with van der Waals surface area (Å²) in [6.45, 7) is 0.237. The lowest BCUT2D eigenvalue weighted by Gasteiger charge is -2.07. The number of aromatic nitrogens is 2. The summed E-state index contributed by atoms with van der Waals surface area (Å²) in [6.07, 6.45) is 0. The first-order valence-electron chi connectivity index (χ1n) is 4.80. The van der Waals surface area contributed by atoms with Gasteiger partial charge >= 0.3 is 0 Å². The van der Waals surface area contributed by atoms with Crippen LogP contribution in [0, 0.1) is 0 Å². The van der Waals surface area contributed by atoms with Crippen molar-refractivity contribution in [1.82, 2.24) is 9.78 Å². The predicted molar refractivity (Wildman–Crippen MR) is 69.6 cm³/mol. The second-order valence-electron chi connectivity index (χ2n) is 3.47. The molecule has 1 aromatic heterocycles. The summed E-state index contributed by atoms with van der Waals surface area (Å²) in [7, 11) is 0. The van der Waals surface area contributed by atoms with Crippen molar-refractivity contribution in [3.63, 3.8) is 0 Å². The standard InChI is InChI=1S/C11H8BrClN2O2/c12-8-2-1-7(9(13)5-8)6-15-11(17)4-3-10(16)14-15/h1-5H,6H2,(H,14,16). The maximum absolute atomic E-state index is 11.5. The van der Waals surface area contributed by atoms with Crippen LogP contribution in [0.1, 0.15) is 5.56 Å². The summed E-state index contributed by atoms with van der Waals surface area (Å²) in [5, 5.41) is 2.98. The Hall–Kier alpha value is -1.33. The van der Waals surface area contributed by atoms with E-state index in [0.29, 0.717) is 5.02 Å². The highest BCUT2D eigenvalue weighted by Crippen LogP contribution is 2.21. The molecule has 2 aromatic rings. The second-order valence-corrected chi connectivity index (χ2v) is 4.79. The molecule has 0 atom stereocenters. The highest BCUT2D eigenvalue weighted by molar-refractivity contribution is 9.10. The van der Waals surface area contributed by atoms with Crippen LogP contribution in [0.3, 0.4) is 0 Å². The third kappa shape index (κ3) is 2.87. The van der Waals surface area contributed by atoms with E-state index in [1.165, 1.54) is 16.8 Å². The maximum atomic E-state index is 11.5. The molecule has 88 valence electrons. The summed E-state index contributed by atoms with van der Waals surface area (Å²) in [6, 6.07) is 7.79. The molecule has 1 aromatic carbocycles. The Morgan fingerprint density at radius 1 is 1.24 bits per heavy atom. The minimum Gasteiger partial charge on any atom is -0.268 e. The van der Waals surface area contributed by atoms with Gasteiger partial charge < -0.3 is 0 Å². The van der Waals surface area contributed by atoms with E-state index in [9.17, 15) is 9.59 Å². The molecule has 6 heteroatoms. The Bertz CT molecular complexity index is 663. The average molecular weight is 316 g/mol. The SMILES string of the molecule is O=c1ccc(=O)n(Cc2ccc(Br)cc2Cl)[nH]1. The van der Waals surface area contributed by atoms with Crippen molar-refractivity contribution >= 4 is 27.5 Å². The molecule has 0 unspecified atom stereocenters. The first-order valence-corrected chi connectivity index (χ1v) is 5.97. The molecule has 4 nitrogen and oxygen atoms in total. The lowest BCUT2D eigenvalue weighted by molar-refractivity contribution is 0.627. The Labute approximate surface area is 110 Å². The number of hydrogen-bond acceptors (Lipinski definition) is 2. The van der Waals surface area contributed by atoms with Crippen LogP contribution in [0.4, 0.5) is 0 Å². The normalized spacial score (nSPS) is 10.5.